The molecule has 7 nitrogen and oxygen atoms in total. The maximum atomic E-state index is 12.4. The van der Waals surface area contributed by atoms with Gasteiger partial charge in [-0.1, -0.05) is 5.16 Å². The molecule has 0 spiro atoms. The second-order valence-electron chi connectivity index (χ2n) is 3.60. The van der Waals surface area contributed by atoms with Crippen molar-refractivity contribution in [2.75, 3.05) is 0 Å². The van der Waals surface area contributed by atoms with Crippen LogP contribution in [0.25, 0.3) is 0 Å². The molecule has 1 aromatic carbocycles. The number of nitrogens with two attached hydrogens (primary N) is 1. The Kier molecular flexibility index (Phi) is 4.27. The van der Waals surface area contributed by atoms with Gasteiger partial charge in [0, 0.05) is 6.07 Å². The fourth-order valence-electron chi connectivity index (χ4n) is 1.19. The normalized spacial score (nSPS) is 12.1. The molecule has 1 rings (SSSR count). The Hall–Kier alpha value is -2.65. The van der Waals surface area contributed by atoms with Crippen molar-refractivity contribution in [2.45, 2.75) is 13.1 Å². The van der Waals surface area contributed by atoms with Crippen molar-refractivity contribution in [3.63, 3.8) is 0 Å². The van der Waals surface area contributed by atoms with Crippen LogP contribution in [0.3, 0.4) is 0 Å². The van der Waals surface area contributed by atoms with Crippen molar-refractivity contribution in [1.29, 1.82) is 0 Å². The summed E-state index contributed by atoms with van der Waals surface area (Å²) in [4.78, 5) is 25.3. The number of benzene rings is 1. The first-order chi connectivity index (χ1) is 9.12. The number of nitrogens with zero attached hydrogens (tertiary/aromatic N) is 2. The Morgan fingerprint density at radius 2 is 2.05 bits per heavy atom. The Labute approximate surface area is 110 Å². The van der Waals surface area contributed by atoms with E-state index in [2.05, 4.69) is 9.99 Å². The molecule has 0 aliphatic heterocycles. The van der Waals surface area contributed by atoms with Crippen LogP contribution in [-0.2, 0) is 11.0 Å². The molecule has 0 aliphatic carbocycles. The van der Waals surface area contributed by atoms with Crippen molar-refractivity contribution in [1.82, 2.24) is 0 Å². The predicted octanol–water partition coefficient (Wildman–Crippen LogP) is 2.06. The van der Waals surface area contributed by atoms with E-state index < -0.39 is 33.9 Å². The van der Waals surface area contributed by atoms with Crippen LogP contribution in [0.5, 0.6) is 0 Å². The third-order valence-corrected chi connectivity index (χ3v) is 2.01. The van der Waals surface area contributed by atoms with E-state index >= 15 is 0 Å². The highest BCUT2D eigenvalue weighted by Gasteiger charge is 2.34. The molecular formula is C10H8F3N3O4. The molecule has 0 saturated heterocycles. The van der Waals surface area contributed by atoms with Crippen molar-refractivity contribution in [2.24, 2.45) is 10.9 Å². The van der Waals surface area contributed by atoms with E-state index in [4.69, 9.17) is 5.73 Å². The highest BCUT2D eigenvalue weighted by atomic mass is 19.4. The zero-order valence-corrected chi connectivity index (χ0v) is 9.97. The minimum Gasteiger partial charge on any atom is -0.385 e. The molecule has 10 heteroatoms. The van der Waals surface area contributed by atoms with Gasteiger partial charge < -0.3 is 10.6 Å². The summed E-state index contributed by atoms with van der Waals surface area (Å²) < 4.78 is 37.3. The van der Waals surface area contributed by atoms with Crippen LogP contribution in [0.1, 0.15) is 22.8 Å². The quantitative estimate of drug-likeness (QED) is 0.301. The van der Waals surface area contributed by atoms with E-state index in [-0.39, 0.29) is 11.9 Å². The molecule has 0 bridgehead atoms. The number of carbonyl (C=O) groups is 1. The number of carbonyl (C=O) groups excluding carboxylic acids is 1. The standard InChI is InChI=1S/C10H8F3N3O4/c1-5(14)15-20-9(17)7-3-2-6(10(11,12)13)4-8(7)16(18)19/h2-4H,1H3,(H2,14,15). The average molecular weight is 291 g/mol. The monoisotopic (exact) mass is 291 g/mol. The number of oxime groups is 1. The summed E-state index contributed by atoms with van der Waals surface area (Å²) in [5.41, 5.74) is 2.15. The first kappa shape index (κ1) is 15.4. The highest BCUT2D eigenvalue weighted by molar-refractivity contribution is 5.94. The number of hydrogen-bond donors (Lipinski definition) is 1. The van der Waals surface area contributed by atoms with Crippen molar-refractivity contribution in [3.8, 4) is 0 Å². The molecular weight excluding hydrogens is 283 g/mol. The van der Waals surface area contributed by atoms with E-state index in [1.807, 2.05) is 0 Å². The minimum absolute atomic E-state index is 0.132. The summed E-state index contributed by atoms with van der Waals surface area (Å²) in [5.74, 6) is -1.41. The molecule has 0 unspecified atom stereocenters. The maximum absolute atomic E-state index is 12.4. The number of halogens is 3. The molecule has 0 fully saturated rings. The van der Waals surface area contributed by atoms with Gasteiger partial charge in [-0.2, -0.15) is 13.2 Å². The number of alkyl halides is 3. The second-order valence-corrected chi connectivity index (χ2v) is 3.60. The minimum atomic E-state index is -4.76. The lowest BCUT2D eigenvalue weighted by molar-refractivity contribution is -0.385. The molecule has 1 aromatic rings. The summed E-state index contributed by atoms with van der Waals surface area (Å²) >= 11 is 0. The van der Waals surface area contributed by atoms with Gasteiger partial charge in [0.05, 0.1) is 10.5 Å². The zero-order valence-electron chi connectivity index (χ0n) is 9.97. The maximum Gasteiger partial charge on any atom is 0.416 e. The Balaban J connectivity index is 3.24. The molecule has 0 amide bonds. The van der Waals surface area contributed by atoms with E-state index in [1.165, 1.54) is 6.92 Å². The molecule has 0 aromatic heterocycles. The summed E-state index contributed by atoms with van der Waals surface area (Å²) in [6.07, 6.45) is -4.76. The van der Waals surface area contributed by atoms with E-state index in [9.17, 15) is 28.1 Å². The summed E-state index contributed by atoms with van der Waals surface area (Å²) in [7, 11) is 0. The topological polar surface area (TPSA) is 108 Å². The number of rotatable bonds is 3. The number of nitro benzene ring substituents is 1. The van der Waals surface area contributed by atoms with Crippen molar-refractivity contribution < 1.29 is 27.7 Å². The van der Waals surface area contributed by atoms with Gasteiger partial charge in [-0.25, -0.2) is 4.79 Å². The molecule has 0 aliphatic rings. The predicted molar refractivity (Wildman–Crippen MR) is 60.8 cm³/mol. The molecule has 0 radical (unpaired) electrons. The first-order valence-electron chi connectivity index (χ1n) is 5.00. The van der Waals surface area contributed by atoms with Gasteiger partial charge in [0.1, 0.15) is 11.4 Å². The summed E-state index contributed by atoms with van der Waals surface area (Å²) in [5, 5.41) is 13.8. The fraction of sp³-hybridized carbons (Fsp3) is 0.200. The van der Waals surface area contributed by atoms with Crippen molar-refractivity contribution >= 4 is 17.5 Å². The molecule has 108 valence electrons. The van der Waals surface area contributed by atoms with Crippen LogP contribution in [0.2, 0.25) is 0 Å². The van der Waals surface area contributed by atoms with Crippen LogP contribution in [-0.4, -0.2) is 16.7 Å². The molecule has 0 atom stereocenters. The van der Waals surface area contributed by atoms with Gasteiger partial charge in [-0.15, -0.1) is 0 Å². The van der Waals surface area contributed by atoms with Crippen molar-refractivity contribution in [3.05, 3.63) is 39.4 Å². The van der Waals surface area contributed by atoms with Gasteiger partial charge in [-0.3, -0.25) is 10.1 Å². The summed E-state index contributed by atoms with van der Waals surface area (Å²) in [6.45, 7) is 1.29. The number of amidine groups is 1. The van der Waals surface area contributed by atoms with Gasteiger partial charge in [0.25, 0.3) is 5.69 Å². The highest BCUT2D eigenvalue weighted by Crippen LogP contribution is 2.33. The van der Waals surface area contributed by atoms with E-state index in [0.717, 1.165) is 0 Å². The largest absolute Gasteiger partial charge is 0.416 e. The van der Waals surface area contributed by atoms with E-state index in [0.29, 0.717) is 12.1 Å². The fourth-order valence-corrected chi connectivity index (χ4v) is 1.19. The van der Waals surface area contributed by atoms with Gasteiger partial charge >= 0.3 is 12.1 Å². The number of nitro groups is 1. The summed E-state index contributed by atoms with van der Waals surface area (Å²) in [6, 6.07) is 1.42. The SMILES string of the molecule is C/C(N)=N/OC(=O)c1ccc(C(F)(F)F)cc1[N+](=O)[O-]. The van der Waals surface area contributed by atoms with Crippen LogP contribution in [0.4, 0.5) is 18.9 Å². The second kappa shape index (κ2) is 5.55. The lowest BCUT2D eigenvalue weighted by Gasteiger charge is -2.07. The smallest absolute Gasteiger partial charge is 0.385 e. The molecule has 2 N–H and O–H groups in total. The first-order valence-corrected chi connectivity index (χ1v) is 5.00. The lowest BCUT2D eigenvalue weighted by Crippen LogP contribution is -2.12. The third kappa shape index (κ3) is 3.67. The van der Waals surface area contributed by atoms with Gasteiger partial charge in [-0.05, 0) is 19.1 Å². The van der Waals surface area contributed by atoms with Crippen LogP contribution in [0.15, 0.2) is 23.4 Å². The molecule has 20 heavy (non-hydrogen) atoms. The zero-order chi connectivity index (χ0) is 15.5. The van der Waals surface area contributed by atoms with E-state index in [1.54, 1.807) is 0 Å². The molecule has 0 saturated carbocycles. The number of hydrogen-bond acceptors (Lipinski definition) is 5. The van der Waals surface area contributed by atoms with Gasteiger partial charge in [0.15, 0.2) is 0 Å². The average Bonchev–Trinajstić information content (AvgIpc) is 2.33. The third-order valence-electron chi connectivity index (χ3n) is 2.01. The van der Waals surface area contributed by atoms with Gasteiger partial charge in [0.2, 0.25) is 0 Å². The van der Waals surface area contributed by atoms with Crippen LogP contribution >= 0.6 is 0 Å². The Morgan fingerprint density at radius 1 is 1.45 bits per heavy atom. The Morgan fingerprint density at radius 3 is 2.50 bits per heavy atom. The lowest BCUT2D eigenvalue weighted by atomic mass is 10.1. The Bertz CT molecular complexity index is 580. The van der Waals surface area contributed by atoms with Crippen LogP contribution in [0, 0.1) is 10.1 Å². The van der Waals surface area contributed by atoms with Crippen LogP contribution < -0.4 is 5.73 Å². The molecule has 0 heterocycles.